The van der Waals surface area contributed by atoms with Crippen LogP contribution < -0.4 is 0 Å². The van der Waals surface area contributed by atoms with Crippen LogP contribution in [0.5, 0.6) is 0 Å². The quantitative estimate of drug-likeness (QED) is 0.779. The highest BCUT2D eigenvalue weighted by Crippen LogP contribution is 2.31. The van der Waals surface area contributed by atoms with E-state index in [0.717, 1.165) is 12.1 Å². The minimum Gasteiger partial charge on any atom is -0.458 e. The van der Waals surface area contributed by atoms with E-state index in [9.17, 15) is 18.0 Å². The number of benzene rings is 1. The Morgan fingerprint density at radius 3 is 2.20 bits per heavy atom. The molecule has 1 aromatic carbocycles. The van der Waals surface area contributed by atoms with E-state index >= 15 is 0 Å². The van der Waals surface area contributed by atoms with Crippen LogP contribution in [0.3, 0.4) is 0 Å². The van der Waals surface area contributed by atoms with Crippen LogP contribution in [0.4, 0.5) is 13.2 Å². The first-order valence-electron chi connectivity index (χ1n) is 6.19. The normalized spacial score (nSPS) is 13.3. The van der Waals surface area contributed by atoms with Gasteiger partial charge in [0.15, 0.2) is 0 Å². The molecular formula is C14H18F3NO2. The first kappa shape index (κ1) is 16.5. The van der Waals surface area contributed by atoms with Crippen molar-refractivity contribution >= 4 is 5.97 Å². The highest BCUT2D eigenvalue weighted by Gasteiger charge is 2.30. The fraction of sp³-hybridized carbons (Fsp3) is 0.500. The molecule has 0 N–H and O–H groups in total. The average molecular weight is 289 g/mol. The van der Waals surface area contributed by atoms with E-state index in [0.29, 0.717) is 18.5 Å². The SMILES string of the molecule is CC(=O)O[C@@H](CCN(C)C)c1ccc(C(F)(F)F)cc1. The molecule has 1 aromatic rings. The van der Waals surface area contributed by atoms with Gasteiger partial charge in [0.1, 0.15) is 6.10 Å². The molecule has 6 heteroatoms. The molecule has 1 rings (SSSR count). The van der Waals surface area contributed by atoms with Crippen LogP contribution in [-0.2, 0) is 15.7 Å². The molecule has 1 atom stereocenters. The number of halogens is 3. The van der Waals surface area contributed by atoms with Gasteiger partial charge in [0.25, 0.3) is 0 Å². The van der Waals surface area contributed by atoms with Crippen LogP contribution in [0.25, 0.3) is 0 Å². The number of carbonyl (C=O) groups excluding carboxylic acids is 1. The summed E-state index contributed by atoms with van der Waals surface area (Å²) in [7, 11) is 3.75. The number of hydrogen-bond acceptors (Lipinski definition) is 3. The largest absolute Gasteiger partial charge is 0.458 e. The van der Waals surface area contributed by atoms with E-state index in [-0.39, 0.29) is 0 Å². The van der Waals surface area contributed by atoms with Gasteiger partial charge < -0.3 is 9.64 Å². The smallest absolute Gasteiger partial charge is 0.416 e. The molecule has 0 aliphatic carbocycles. The lowest BCUT2D eigenvalue weighted by Gasteiger charge is -2.20. The molecule has 3 nitrogen and oxygen atoms in total. The molecule has 0 saturated heterocycles. The molecule has 0 fully saturated rings. The van der Waals surface area contributed by atoms with Gasteiger partial charge in [-0.25, -0.2) is 0 Å². The highest BCUT2D eigenvalue weighted by atomic mass is 19.4. The maximum Gasteiger partial charge on any atom is 0.416 e. The Morgan fingerprint density at radius 2 is 1.80 bits per heavy atom. The first-order valence-corrected chi connectivity index (χ1v) is 6.19. The van der Waals surface area contributed by atoms with Crippen molar-refractivity contribution in [1.29, 1.82) is 0 Å². The molecule has 0 unspecified atom stereocenters. The van der Waals surface area contributed by atoms with E-state index in [2.05, 4.69) is 0 Å². The Balaban J connectivity index is 2.87. The molecule has 0 aliphatic heterocycles. The minimum atomic E-state index is -4.36. The summed E-state index contributed by atoms with van der Waals surface area (Å²) in [6, 6.07) is 4.71. The van der Waals surface area contributed by atoms with Crippen LogP contribution in [0.1, 0.15) is 30.6 Å². The third-order valence-electron chi connectivity index (χ3n) is 2.76. The molecule has 0 aromatic heterocycles. The van der Waals surface area contributed by atoms with Crippen LogP contribution in [0.15, 0.2) is 24.3 Å². The maximum atomic E-state index is 12.5. The standard InChI is InChI=1S/C14H18F3NO2/c1-10(19)20-13(8-9-18(2)3)11-4-6-12(7-5-11)14(15,16)17/h4-7,13H,8-9H2,1-3H3/t13-/m0/s1. The van der Waals surface area contributed by atoms with E-state index in [1.165, 1.54) is 19.1 Å². The number of hydrogen-bond donors (Lipinski definition) is 0. The molecule has 112 valence electrons. The zero-order valence-electron chi connectivity index (χ0n) is 11.7. The second-order valence-corrected chi connectivity index (χ2v) is 4.81. The van der Waals surface area contributed by atoms with Gasteiger partial charge in [-0.3, -0.25) is 4.79 Å². The molecule has 0 bridgehead atoms. The van der Waals surface area contributed by atoms with Crippen LogP contribution in [0.2, 0.25) is 0 Å². The summed E-state index contributed by atoms with van der Waals surface area (Å²) < 4.78 is 42.6. The van der Waals surface area contributed by atoms with Gasteiger partial charge in [-0.15, -0.1) is 0 Å². The van der Waals surface area contributed by atoms with Crippen molar-refractivity contribution in [2.75, 3.05) is 20.6 Å². The number of alkyl halides is 3. The molecule has 0 amide bonds. The van der Waals surface area contributed by atoms with E-state index in [4.69, 9.17) is 4.74 Å². The third-order valence-corrected chi connectivity index (χ3v) is 2.76. The second-order valence-electron chi connectivity index (χ2n) is 4.81. The van der Waals surface area contributed by atoms with E-state index < -0.39 is 23.8 Å². The first-order chi connectivity index (χ1) is 9.20. The molecule has 0 heterocycles. The summed E-state index contributed by atoms with van der Waals surface area (Å²) in [5, 5.41) is 0. The molecule has 20 heavy (non-hydrogen) atoms. The van der Waals surface area contributed by atoms with Crippen molar-refractivity contribution in [1.82, 2.24) is 4.90 Å². The monoisotopic (exact) mass is 289 g/mol. The summed E-state index contributed by atoms with van der Waals surface area (Å²) in [6.07, 6.45) is -4.37. The Hall–Kier alpha value is -1.56. The Bertz CT molecular complexity index is 441. The number of carbonyl (C=O) groups is 1. The second kappa shape index (κ2) is 6.74. The van der Waals surface area contributed by atoms with Crippen molar-refractivity contribution in [3.05, 3.63) is 35.4 Å². The van der Waals surface area contributed by atoms with Gasteiger partial charge in [0, 0.05) is 19.9 Å². The number of esters is 1. The molecule has 0 saturated carbocycles. The Labute approximate surface area is 116 Å². The van der Waals surface area contributed by atoms with Crippen molar-refractivity contribution in [3.8, 4) is 0 Å². The molecule has 0 aliphatic rings. The van der Waals surface area contributed by atoms with Gasteiger partial charge in [-0.1, -0.05) is 12.1 Å². The molecule has 0 spiro atoms. The summed E-state index contributed by atoms with van der Waals surface area (Å²) in [4.78, 5) is 13.0. The summed E-state index contributed by atoms with van der Waals surface area (Å²) >= 11 is 0. The van der Waals surface area contributed by atoms with E-state index in [1.807, 2.05) is 19.0 Å². The minimum absolute atomic E-state index is 0.450. The van der Waals surface area contributed by atoms with Crippen molar-refractivity contribution in [2.24, 2.45) is 0 Å². The average Bonchev–Trinajstić information content (AvgIpc) is 2.33. The van der Waals surface area contributed by atoms with Gasteiger partial charge >= 0.3 is 12.1 Å². The zero-order chi connectivity index (χ0) is 15.3. The van der Waals surface area contributed by atoms with Crippen molar-refractivity contribution < 1.29 is 22.7 Å². The lowest BCUT2D eigenvalue weighted by molar-refractivity contribution is -0.147. The maximum absolute atomic E-state index is 12.5. The zero-order valence-corrected chi connectivity index (χ0v) is 11.7. The topological polar surface area (TPSA) is 29.5 Å². The van der Waals surface area contributed by atoms with Crippen molar-refractivity contribution in [2.45, 2.75) is 25.6 Å². The Kier molecular flexibility index (Phi) is 5.56. The summed E-state index contributed by atoms with van der Waals surface area (Å²) in [6.45, 7) is 1.95. The molecule has 0 radical (unpaired) electrons. The highest BCUT2D eigenvalue weighted by molar-refractivity contribution is 5.66. The molecular weight excluding hydrogens is 271 g/mol. The van der Waals surface area contributed by atoms with E-state index in [1.54, 1.807) is 0 Å². The van der Waals surface area contributed by atoms with Crippen LogP contribution >= 0.6 is 0 Å². The number of ether oxygens (including phenoxy) is 1. The fourth-order valence-corrected chi connectivity index (χ4v) is 1.76. The lowest BCUT2D eigenvalue weighted by Crippen LogP contribution is -2.18. The van der Waals surface area contributed by atoms with Gasteiger partial charge in [-0.05, 0) is 31.8 Å². The number of rotatable bonds is 5. The summed E-state index contributed by atoms with van der Waals surface area (Å²) in [5.74, 6) is -0.450. The van der Waals surface area contributed by atoms with Gasteiger partial charge in [0.2, 0.25) is 0 Å². The lowest BCUT2D eigenvalue weighted by atomic mass is 10.0. The van der Waals surface area contributed by atoms with Crippen molar-refractivity contribution in [3.63, 3.8) is 0 Å². The Morgan fingerprint density at radius 1 is 1.25 bits per heavy atom. The van der Waals surface area contributed by atoms with Crippen LogP contribution in [-0.4, -0.2) is 31.5 Å². The third kappa shape index (κ3) is 5.21. The predicted molar refractivity (Wildman–Crippen MR) is 69.1 cm³/mol. The fourth-order valence-electron chi connectivity index (χ4n) is 1.76. The van der Waals surface area contributed by atoms with Crippen LogP contribution in [0, 0.1) is 0 Å². The number of nitrogens with zero attached hydrogens (tertiary/aromatic N) is 1. The summed E-state index contributed by atoms with van der Waals surface area (Å²) in [5.41, 5.74) is -0.148. The van der Waals surface area contributed by atoms with Gasteiger partial charge in [0.05, 0.1) is 5.56 Å². The van der Waals surface area contributed by atoms with Gasteiger partial charge in [-0.2, -0.15) is 13.2 Å². The predicted octanol–water partition coefficient (Wildman–Crippen LogP) is 3.26.